The molecule has 0 saturated heterocycles. The minimum Gasteiger partial charge on any atom is -0.380 e. The van der Waals surface area contributed by atoms with Crippen molar-refractivity contribution in [1.29, 1.82) is 0 Å². The van der Waals surface area contributed by atoms with Crippen LogP contribution in [0.15, 0.2) is 48.5 Å². The van der Waals surface area contributed by atoms with E-state index in [1.807, 2.05) is 0 Å². The van der Waals surface area contributed by atoms with Crippen molar-refractivity contribution in [2.24, 2.45) is 0 Å². The van der Waals surface area contributed by atoms with Crippen LogP contribution < -0.4 is 0 Å². The first-order valence-corrected chi connectivity index (χ1v) is 6.50. The van der Waals surface area contributed by atoms with E-state index in [1.165, 1.54) is 0 Å². The van der Waals surface area contributed by atoms with E-state index in [0.29, 0.717) is 27.5 Å². The van der Waals surface area contributed by atoms with Crippen molar-refractivity contribution >= 4 is 29.5 Å². The normalized spacial score (nSPS) is 11.3. The molecule has 0 fully saturated rings. The summed E-state index contributed by atoms with van der Waals surface area (Å²) in [5.74, 6) is 0. The van der Waals surface area contributed by atoms with Gasteiger partial charge in [0.15, 0.2) is 0 Å². The van der Waals surface area contributed by atoms with E-state index < -0.39 is 5.60 Å². The third-order valence-corrected chi connectivity index (χ3v) is 3.53. The first-order chi connectivity index (χ1) is 9.06. The lowest BCUT2D eigenvalue weighted by molar-refractivity contribution is -0.111. The van der Waals surface area contributed by atoms with Crippen molar-refractivity contribution in [3.05, 3.63) is 69.7 Å². The molecule has 0 aliphatic carbocycles. The lowest BCUT2D eigenvalue weighted by Gasteiger charge is -2.27. The molecule has 0 bridgehead atoms. The van der Waals surface area contributed by atoms with Crippen LogP contribution in [0.5, 0.6) is 0 Å². The Morgan fingerprint density at radius 2 is 1.26 bits per heavy atom. The summed E-state index contributed by atoms with van der Waals surface area (Å²) >= 11 is 11.7. The molecule has 0 unspecified atom stereocenters. The molecular weight excluding hydrogens is 283 g/mol. The third-order valence-electron chi connectivity index (χ3n) is 3.02. The van der Waals surface area contributed by atoms with Gasteiger partial charge < -0.3 is 9.90 Å². The van der Waals surface area contributed by atoms with Crippen LogP contribution in [-0.2, 0) is 10.4 Å². The van der Waals surface area contributed by atoms with Crippen LogP contribution in [0.2, 0.25) is 10.0 Å². The number of aliphatic hydroxyl groups is 1. The lowest BCUT2D eigenvalue weighted by atomic mass is 9.84. The summed E-state index contributed by atoms with van der Waals surface area (Å²) in [4.78, 5) is 10.9. The van der Waals surface area contributed by atoms with E-state index >= 15 is 0 Å². The molecule has 2 aromatic rings. The van der Waals surface area contributed by atoms with Gasteiger partial charge in [0.25, 0.3) is 0 Å². The van der Waals surface area contributed by atoms with Crippen molar-refractivity contribution in [2.45, 2.75) is 12.0 Å². The molecule has 0 amide bonds. The Labute approximate surface area is 121 Å². The zero-order valence-electron chi connectivity index (χ0n) is 10.0. The summed E-state index contributed by atoms with van der Waals surface area (Å²) in [5.41, 5.74) is -0.130. The average molecular weight is 295 g/mol. The first-order valence-electron chi connectivity index (χ1n) is 5.74. The quantitative estimate of drug-likeness (QED) is 0.871. The molecule has 0 heterocycles. The van der Waals surface area contributed by atoms with Gasteiger partial charge in [0.2, 0.25) is 0 Å². The van der Waals surface area contributed by atoms with Gasteiger partial charge in [-0.3, -0.25) is 0 Å². The summed E-state index contributed by atoms with van der Waals surface area (Å²) in [6.07, 6.45) is 0.666. The maximum Gasteiger partial charge on any atom is 0.123 e. The smallest absolute Gasteiger partial charge is 0.123 e. The second-order valence-corrected chi connectivity index (χ2v) is 5.12. The summed E-state index contributed by atoms with van der Waals surface area (Å²) in [5, 5.41) is 12.0. The number of carbonyl (C=O) groups excluding carboxylic acids is 1. The van der Waals surface area contributed by atoms with Crippen LogP contribution in [-0.4, -0.2) is 11.4 Å². The Kier molecular flexibility index (Phi) is 4.25. The molecule has 0 aliphatic heterocycles. The van der Waals surface area contributed by atoms with Gasteiger partial charge >= 0.3 is 0 Å². The monoisotopic (exact) mass is 294 g/mol. The molecule has 1 N–H and O–H groups in total. The number of carbonyl (C=O) groups is 1. The molecule has 2 aromatic carbocycles. The molecule has 0 spiro atoms. The Balaban J connectivity index is 2.50. The molecule has 2 nitrogen and oxygen atoms in total. The number of hydrogen-bond acceptors (Lipinski definition) is 2. The molecule has 0 atom stereocenters. The Morgan fingerprint density at radius 3 is 1.58 bits per heavy atom. The Morgan fingerprint density at radius 1 is 0.895 bits per heavy atom. The van der Waals surface area contributed by atoms with E-state index in [-0.39, 0.29) is 6.42 Å². The van der Waals surface area contributed by atoms with Crippen molar-refractivity contribution < 1.29 is 9.90 Å². The van der Waals surface area contributed by atoms with Gasteiger partial charge in [-0.25, -0.2) is 0 Å². The topological polar surface area (TPSA) is 37.3 Å². The molecule has 19 heavy (non-hydrogen) atoms. The average Bonchev–Trinajstić information content (AvgIpc) is 2.40. The highest BCUT2D eigenvalue weighted by Gasteiger charge is 2.31. The van der Waals surface area contributed by atoms with Gasteiger partial charge in [0.1, 0.15) is 11.9 Å². The van der Waals surface area contributed by atoms with Crippen LogP contribution in [0.25, 0.3) is 0 Å². The lowest BCUT2D eigenvalue weighted by Crippen LogP contribution is -2.27. The largest absolute Gasteiger partial charge is 0.380 e. The Bertz CT molecular complexity index is 516. The molecule has 2 rings (SSSR count). The number of rotatable bonds is 4. The van der Waals surface area contributed by atoms with Crippen LogP contribution >= 0.6 is 23.2 Å². The predicted octanol–water partition coefficient (Wildman–Crippen LogP) is 3.82. The highest BCUT2D eigenvalue weighted by molar-refractivity contribution is 6.30. The first kappa shape index (κ1) is 14.1. The fourth-order valence-electron chi connectivity index (χ4n) is 1.97. The van der Waals surface area contributed by atoms with Gasteiger partial charge in [-0.2, -0.15) is 0 Å². The van der Waals surface area contributed by atoms with Gasteiger partial charge in [0.05, 0.1) is 0 Å². The summed E-state index contributed by atoms with van der Waals surface area (Å²) < 4.78 is 0. The van der Waals surface area contributed by atoms with E-state index in [9.17, 15) is 9.90 Å². The fraction of sp³-hybridized carbons (Fsp3) is 0.133. The minimum atomic E-state index is -1.36. The molecule has 4 heteroatoms. The van der Waals surface area contributed by atoms with Crippen LogP contribution in [0.1, 0.15) is 17.5 Å². The number of aldehydes is 1. The van der Waals surface area contributed by atoms with Crippen molar-refractivity contribution in [3.63, 3.8) is 0 Å². The fourth-order valence-corrected chi connectivity index (χ4v) is 2.23. The van der Waals surface area contributed by atoms with Crippen molar-refractivity contribution in [2.75, 3.05) is 0 Å². The maximum atomic E-state index is 10.9. The summed E-state index contributed by atoms with van der Waals surface area (Å²) in [6, 6.07) is 13.6. The van der Waals surface area contributed by atoms with E-state index in [0.717, 1.165) is 0 Å². The standard InChI is InChI=1S/C15H12Cl2O2/c16-13-5-1-11(2-6-13)15(19,9-10-18)12-3-7-14(17)8-4-12/h1-8,10,19H,9H2. The van der Waals surface area contributed by atoms with Crippen molar-refractivity contribution in [1.82, 2.24) is 0 Å². The Hall–Kier alpha value is -1.35. The van der Waals surface area contributed by atoms with E-state index in [2.05, 4.69) is 0 Å². The number of benzene rings is 2. The van der Waals surface area contributed by atoms with E-state index in [4.69, 9.17) is 23.2 Å². The predicted molar refractivity (Wildman–Crippen MR) is 76.6 cm³/mol. The molecule has 98 valence electrons. The summed E-state index contributed by atoms with van der Waals surface area (Å²) in [6.45, 7) is 0. The SMILES string of the molecule is O=CCC(O)(c1ccc(Cl)cc1)c1ccc(Cl)cc1. The second-order valence-electron chi connectivity index (χ2n) is 4.24. The van der Waals surface area contributed by atoms with Gasteiger partial charge in [-0.15, -0.1) is 0 Å². The van der Waals surface area contributed by atoms with Crippen LogP contribution in [0.4, 0.5) is 0 Å². The van der Waals surface area contributed by atoms with Crippen LogP contribution in [0.3, 0.4) is 0 Å². The maximum absolute atomic E-state index is 10.9. The molecular formula is C15H12Cl2O2. The molecule has 0 radical (unpaired) electrons. The second kappa shape index (κ2) is 5.74. The molecule has 0 aliphatic rings. The van der Waals surface area contributed by atoms with Gasteiger partial charge in [-0.05, 0) is 35.4 Å². The number of hydrogen-bond donors (Lipinski definition) is 1. The zero-order chi connectivity index (χ0) is 13.9. The van der Waals surface area contributed by atoms with Crippen LogP contribution in [0, 0.1) is 0 Å². The zero-order valence-corrected chi connectivity index (χ0v) is 11.5. The van der Waals surface area contributed by atoms with E-state index in [1.54, 1.807) is 48.5 Å². The summed E-state index contributed by atoms with van der Waals surface area (Å²) in [7, 11) is 0. The van der Waals surface area contributed by atoms with Gasteiger partial charge in [-0.1, -0.05) is 47.5 Å². The molecule has 0 aromatic heterocycles. The van der Waals surface area contributed by atoms with Gasteiger partial charge in [0, 0.05) is 16.5 Å². The highest BCUT2D eigenvalue weighted by Crippen LogP contribution is 2.33. The minimum absolute atomic E-state index is 0.0315. The number of halogens is 2. The highest BCUT2D eigenvalue weighted by atomic mass is 35.5. The third kappa shape index (κ3) is 2.98. The van der Waals surface area contributed by atoms with Crippen molar-refractivity contribution in [3.8, 4) is 0 Å². The molecule has 0 saturated carbocycles.